The van der Waals surface area contributed by atoms with E-state index in [-0.39, 0.29) is 6.10 Å². The summed E-state index contributed by atoms with van der Waals surface area (Å²) in [6, 6.07) is 2.36. The first-order valence-electron chi connectivity index (χ1n) is 8.72. The first kappa shape index (κ1) is 17.4. The van der Waals surface area contributed by atoms with Crippen LogP contribution in [-0.4, -0.2) is 86.1 Å². The quantitative estimate of drug-likeness (QED) is 0.776. The number of aromatic nitrogens is 2. The minimum Gasteiger partial charge on any atom is -0.391 e. The van der Waals surface area contributed by atoms with Gasteiger partial charge in [-0.15, -0.1) is 0 Å². The number of nitrogens with zero attached hydrogens (tertiary/aromatic N) is 5. The summed E-state index contributed by atoms with van der Waals surface area (Å²) in [6.45, 7) is 4.45. The molecule has 0 saturated carbocycles. The summed E-state index contributed by atoms with van der Waals surface area (Å²) in [5, 5.41) is 10.1. The first-order valence-corrected chi connectivity index (χ1v) is 8.72. The Balaban J connectivity index is 1.65. The third kappa shape index (κ3) is 3.96. The summed E-state index contributed by atoms with van der Waals surface area (Å²) < 4.78 is 5.15. The van der Waals surface area contributed by atoms with Crippen molar-refractivity contribution in [1.29, 1.82) is 0 Å². The molecular formula is C17H29N5O2. The van der Waals surface area contributed by atoms with E-state index in [1.165, 1.54) is 0 Å². The van der Waals surface area contributed by atoms with Crippen LogP contribution in [0.15, 0.2) is 12.4 Å². The Bertz CT molecular complexity index is 535. The van der Waals surface area contributed by atoms with E-state index in [4.69, 9.17) is 4.74 Å². The number of anilines is 2. The van der Waals surface area contributed by atoms with Crippen molar-refractivity contribution in [3.8, 4) is 0 Å². The van der Waals surface area contributed by atoms with Crippen molar-refractivity contribution in [1.82, 2.24) is 14.9 Å². The maximum absolute atomic E-state index is 10.1. The molecule has 0 unspecified atom stereocenters. The zero-order valence-corrected chi connectivity index (χ0v) is 14.9. The van der Waals surface area contributed by atoms with Crippen LogP contribution in [0, 0.1) is 5.92 Å². The monoisotopic (exact) mass is 335 g/mol. The summed E-state index contributed by atoms with van der Waals surface area (Å²) in [7, 11) is 5.88. The van der Waals surface area contributed by atoms with Crippen LogP contribution in [0.1, 0.15) is 12.8 Å². The van der Waals surface area contributed by atoms with Gasteiger partial charge in [-0.25, -0.2) is 9.97 Å². The number of hydrogen-bond acceptors (Lipinski definition) is 7. The number of hydrogen-bond donors (Lipinski definition) is 1. The minimum absolute atomic E-state index is 0.282. The summed E-state index contributed by atoms with van der Waals surface area (Å²) in [6.07, 6.45) is 3.26. The van der Waals surface area contributed by atoms with Crippen molar-refractivity contribution in [3.63, 3.8) is 0 Å². The van der Waals surface area contributed by atoms with Crippen molar-refractivity contribution in [2.75, 3.05) is 63.8 Å². The van der Waals surface area contributed by atoms with Crippen molar-refractivity contribution < 1.29 is 9.84 Å². The molecule has 3 rings (SSSR count). The Kier molecular flexibility index (Phi) is 5.53. The summed E-state index contributed by atoms with van der Waals surface area (Å²) in [4.78, 5) is 15.6. The lowest BCUT2D eigenvalue weighted by Gasteiger charge is -2.40. The Hall–Kier alpha value is -1.44. The molecule has 1 aromatic rings. The predicted octanol–water partition coefficient (Wildman–Crippen LogP) is 0.451. The van der Waals surface area contributed by atoms with Crippen LogP contribution in [-0.2, 0) is 4.74 Å². The first-order chi connectivity index (χ1) is 11.6. The molecule has 3 heterocycles. The second-order valence-corrected chi connectivity index (χ2v) is 7.24. The van der Waals surface area contributed by atoms with E-state index < -0.39 is 0 Å². The second-order valence-electron chi connectivity index (χ2n) is 7.24. The molecule has 2 aliphatic rings. The molecule has 7 heteroatoms. The lowest BCUT2D eigenvalue weighted by Crippen LogP contribution is -2.47. The molecular weight excluding hydrogens is 306 g/mol. The van der Waals surface area contributed by atoms with Gasteiger partial charge in [-0.2, -0.15) is 0 Å². The molecule has 0 aliphatic carbocycles. The van der Waals surface area contributed by atoms with Gasteiger partial charge >= 0.3 is 0 Å². The molecule has 2 saturated heterocycles. The second kappa shape index (κ2) is 7.63. The number of likely N-dealkylation sites (N-methyl/N-ethyl adjacent to an activating group) is 1. The molecule has 24 heavy (non-hydrogen) atoms. The van der Waals surface area contributed by atoms with Gasteiger partial charge in [0, 0.05) is 52.0 Å². The number of aliphatic hydroxyl groups is 1. The fraction of sp³-hybridized carbons (Fsp3) is 0.765. The smallest absolute Gasteiger partial charge is 0.134 e. The van der Waals surface area contributed by atoms with E-state index in [0.717, 1.165) is 50.7 Å². The van der Waals surface area contributed by atoms with Crippen LogP contribution < -0.4 is 9.80 Å². The summed E-state index contributed by atoms with van der Waals surface area (Å²) in [5.41, 5.74) is 0. The van der Waals surface area contributed by atoms with Crippen molar-refractivity contribution in [2.45, 2.75) is 25.0 Å². The van der Waals surface area contributed by atoms with Gasteiger partial charge in [-0.1, -0.05) is 0 Å². The van der Waals surface area contributed by atoms with E-state index in [2.05, 4.69) is 44.8 Å². The fourth-order valence-corrected chi connectivity index (χ4v) is 3.66. The van der Waals surface area contributed by atoms with E-state index >= 15 is 0 Å². The lowest BCUT2D eigenvalue weighted by atomic mass is 9.97. The highest BCUT2D eigenvalue weighted by atomic mass is 16.5. The SMILES string of the molecule is COCCC1CN(c2cc(N3C[C@H](O)C[C@@H]3CN(C)C)ncn2)C1. The molecule has 134 valence electrons. The van der Waals surface area contributed by atoms with Crippen LogP contribution >= 0.6 is 0 Å². The lowest BCUT2D eigenvalue weighted by molar-refractivity contribution is 0.169. The fourth-order valence-electron chi connectivity index (χ4n) is 3.66. The van der Waals surface area contributed by atoms with Crippen LogP contribution in [0.2, 0.25) is 0 Å². The predicted molar refractivity (Wildman–Crippen MR) is 94.5 cm³/mol. The van der Waals surface area contributed by atoms with E-state index in [0.29, 0.717) is 18.5 Å². The molecule has 0 radical (unpaired) electrons. The van der Waals surface area contributed by atoms with E-state index in [9.17, 15) is 5.11 Å². The maximum atomic E-state index is 10.1. The highest BCUT2D eigenvalue weighted by Crippen LogP contribution is 2.29. The molecule has 0 bridgehead atoms. The molecule has 0 spiro atoms. The highest BCUT2D eigenvalue weighted by molar-refractivity contribution is 5.53. The van der Waals surface area contributed by atoms with Gasteiger partial charge in [0.05, 0.1) is 6.10 Å². The molecule has 1 N–H and O–H groups in total. The number of aliphatic hydroxyl groups excluding tert-OH is 1. The standard InChI is InChI=1S/C17H29N5O2/c1-20(2)10-14-6-15(23)11-22(14)17-7-16(18-12-19-17)21-8-13(9-21)4-5-24-3/h7,12-15,23H,4-6,8-11H2,1-3H3/t14-,15-/m1/s1. The molecule has 7 nitrogen and oxygen atoms in total. The largest absolute Gasteiger partial charge is 0.391 e. The Morgan fingerprint density at radius 3 is 2.71 bits per heavy atom. The highest BCUT2D eigenvalue weighted by Gasteiger charge is 2.33. The van der Waals surface area contributed by atoms with Gasteiger partial charge in [0.25, 0.3) is 0 Å². The van der Waals surface area contributed by atoms with Gasteiger partial charge in [0.2, 0.25) is 0 Å². The normalized spacial score (nSPS) is 24.7. The Labute approximate surface area is 144 Å². The molecule has 2 fully saturated rings. The molecule has 2 atom stereocenters. The van der Waals surface area contributed by atoms with Crippen LogP contribution in [0.25, 0.3) is 0 Å². The van der Waals surface area contributed by atoms with E-state index in [1.54, 1.807) is 13.4 Å². The van der Waals surface area contributed by atoms with Crippen LogP contribution in [0.5, 0.6) is 0 Å². The number of methoxy groups -OCH3 is 1. The molecule has 0 amide bonds. The molecule has 1 aromatic heterocycles. The van der Waals surface area contributed by atoms with Crippen LogP contribution in [0.4, 0.5) is 11.6 Å². The minimum atomic E-state index is -0.282. The zero-order valence-electron chi connectivity index (χ0n) is 14.9. The van der Waals surface area contributed by atoms with Crippen molar-refractivity contribution >= 4 is 11.6 Å². The average molecular weight is 335 g/mol. The topological polar surface area (TPSA) is 65.0 Å². The van der Waals surface area contributed by atoms with Gasteiger partial charge in [-0.3, -0.25) is 0 Å². The van der Waals surface area contributed by atoms with Gasteiger partial charge < -0.3 is 24.5 Å². The van der Waals surface area contributed by atoms with E-state index in [1.807, 2.05) is 0 Å². The maximum Gasteiger partial charge on any atom is 0.134 e. The number of rotatable bonds is 7. The Morgan fingerprint density at radius 2 is 2.00 bits per heavy atom. The third-order valence-corrected chi connectivity index (χ3v) is 4.91. The summed E-state index contributed by atoms with van der Waals surface area (Å²) in [5.74, 6) is 2.60. The Morgan fingerprint density at radius 1 is 1.25 bits per heavy atom. The average Bonchev–Trinajstić information content (AvgIpc) is 2.86. The molecule has 2 aliphatic heterocycles. The van der Waals surface area contributed by atoms with Crippen molar-refractivity contribution in [2.24, 2.45) is 5.92 Å². The van der Waals surface area contributed by atoms with Crippen molar-refractivity contribution in [3.05, 3.63) is 12.4 Å². The number of ether oxygens (including phenoxy) is 1. The summed E-state index contributed by atoms with van der Waals surface area (Å²) >= 11 is 0. The third-order valence-electron chi connectivity index (χ3n) is 4.91. The number of β-amino-alcohol motifs (C(OH)–C–C–N with tert-alkyl or cyclic N) is 1. The van der Waals surface area contributed by atoms with Crippen LogP contribution in [0.3, 0.4) is 0 Å². The zero-order chi connectivity index (χ0) is 17.1. The van der Waals surface area contributed by atoms with Gasteiger partial charge in [0.1, 0.15) is 18.0 Å². The van der Waals surface area contributed by atoms with Gasteiger partial charge in [0.15, 0.2) is 0 Å². The van der Waals surface area contributed by atoms with Gasteiger partial charge in [-0.05, 0) is 32.9 Å². The molecule has 0 aromatic carbocycles.